The van der Waals surface area contributed by atoms with Crippen LogP contribution in [0.5, 0.6) is 0 Å². The lowest BCUT2D eigenvalue weighted by Gasteiger charge is -2.27. The molecule has 2 aliphatic rings. The van der Waals surface area contributed by atoms with Gasteiger partial charge in [0.25, 0.3) is 5.91 Å². The van der Waals surface area contributed by atoms with Crippen molar-refractivity contribution in [2.24, 2.45) is 11.3 Å². The molecule has 1 saturated heterocycles. The predicted molar refractivity (Wildman–Crippen MR) is 111 cm³/mol. The Bertz CT molecular complexity index is 969. The third-order valence-electron chi connectivity index (χ3n) is 5.92. The third kappa shape index (κ3) is 6.27. The number of H-pyrrole nitrogens is 1. The van der Waals surface area contributed by atoms with Crippen LogP contribution in [0.25, 0.3) is 0 Å². The van der Waals surface area contributed by atoms with Crippen molar-refractivity contribution in [3.8, 4) is 6.07 Å². The first-order valence-electron chi connectivity index (χ1n) is 10.8. The monoisotopic (exact) mass is 467 g/mol. The molecule has 0 bridgehead atoms. The van der Waals surface area contributed by atoms with Crippen LogP contribution in [0, 0.1) is 22.7 Å². The molecule has 1 saturated carbocycles. The van der Waals surface area contributed by atoms with E-state index in [4.69, 9.17) is 0 Å². The van der Waals surface area contributed by atoms with Crippen molar-refractivity contribution in [2.75, 3.05) is 0 Å². The number of amides is 3. The van der Waals surface area contributed by atoms with Gasteiger partial charge in [-0.3, -0.25) is 14.4 Å². The summed E-state index contributed by atoms with van der Waals surface area (Å²) in [5.74, 6) is -2.01. The van der Waals surface area contributed by atoms with Crippen LogP contribution in [-0.4, -0.2) is 40.3 Å². The van der Waals surface area contributed by atoms with E-state index in [0.29, 0.717) is 6.42 Å². The molecule has 33 heavy (non-hydrogen) atoms. The van der Waals surface area contributed by atoms with Crippen LogP contribution in [0.1, 0.15) is 69.1 Å². The van der Waals surface area contributed by atoms with Crippen LogP contribution in [-0.2, 0) is 15.8 Å². The molecule has 3 atom stereocenters. The lowest BCUT2D eigenvalue weighted by molar-refractivity contribution is -0.140. The van der Waals surface area contributed by atoms with Crippen LogP contribution in [0.2, 0.25) is 0 Å². The fourth-order valence-electron chi connectivity index (χ4n) is 4.10. The molecule has 2 fully saturated rings. The van der Waals surface area contributed by atoms with Gasteiger partial charge in [0.2, 0.25) is 11.8 Å². The summed E-state index contributed by atoms with van der Waals surface area (Å²) in [6, 6.07) is 1.71. The molecule has 0 aromatic carbocycles. The highest BCUT2D eigenvalue weighted by Crippen LogP contribution is 2.46. The average molecular weight is 467 g/mol. The molecule has 3 amide bonds. The lowest BCUT2D eigenvalue weighted by Crippen LogP contribution is -2.51. The smallest absolute Gasteiger partial charge is 0.350 e. The van der Waals surface area contributed by atoms with Gasteiger partial charge in [-0.25, -0.2) is 0 Å². The zero-order valence-corrected chi connectivity index (χ0v) is 18.7. The third-order valence-corrected chi connectivity index (χ3v) is 5.92. The van der Waals surface area contributed by atoms with Crippen molar-refractivity contribution < 1.29 is 27.6 Å². The van der Waals surface area contributed by atoms with Gasteiger partial charge in [-0.05, 0) is 49.7 Å². The largest absolute Gasteiger partial charge is 0.431 e. The summed E-state index contributed by atoms with van der Waals surface area (Å²) in [5.41, 5.74) is -1.96. The summed E-state index contributed by atoms with van der Waals surface area (Å²) in [6.45, 7) is 5.53. The van der Waals surface area contributed by atoms with Gasteiger partial charge in [0.15, 0.2) is 0 Å². The Morgan fingerprint density at radius 3 is 2.39 bits per heavy atom. The number of alkyl halides is 3. The number of nitriles is 1. The Morgan fingerprint density at radius 1 is 1.24 bits per heavy atom. The van der Waals surface area contributed by atoms with Crippen LogP contribution in [0.4, 0.5) is 13.2 Å². The van der Waals surface area contributed by atoms with E-state index in [0.717, 1.165) is 25.0 Å². The first kappa shape index (κ1) is 24.6. The average Bonchev–Trinajstić information content (AvgIpc) is 3.11. The molecule has 2 heterocycles. The zero-order chi connectivity index (χ0) is 24.6. The van der Waals surface area contributed by atoms with Gasteiger partial charge in [0.1, 0.15) is 23.5 Å². The minimum absolute atomic E-state index is 0.131. The van der Waals surface area contributed by atoms with Gasteiger partial charge < -0.3 is 20.9 Å². The van der Waals surface area contributed by atoms with Crippen molar-refractivity contribution in [3.63, 3.8) is 0 Å². The molecule has 11 heteroatoms. The molecule has 4 N–H and O–H groups in total. The first-order valence-corrected chi connectivity index (χ1v) is 10.8. The van der Waals surface area contributed by atoms with E-state index < -0.39 is 41.2 Å². The first-order chi connectivity index (χ1) is 15.2. The molecule has 1 spiro atoms. The van der Waals surface area contributed by atoms with Crippen molar-refractivity contribution in [2.45, 2.75) is 76.7 Å². The van der Waals surface area contributed by atoms with Crippen LogP contribution >= 0.6 is 0 Å². The molecule has 1 aliphatic carbocycles. The van der Waals surface area contributed by atoms with Crippen molar-refractivity contribution in [1.29, 1.82) is 5.26 Å². The molecule has 1 aromatic heterocycles. The number of nitrogens with zero attached hydrogens (tertiary/aromatic N) is 1. The predicted octanol–water partition coefficient (Wildman–Crippen LogP) is 2.64. The Labute approximate surface area is 189 Å². The Kier molecular flexibility index (Phi) is 6.51. The van der Waals surface area contributed by atoms with Crippen molar-refractivity contribution >= 4 is 17.7 Å². The number of aromatic nitrogens is 1. The minimum atomic E-state index is -4.63. The second-order valence-corrected chi connectivity index (χ2v) is 10.2. The topological polar surface area (TPSA) is 127 Å². The fourth-order valence-corrected chi connectivity index (χ4v) is 4.10. The van der Waals surface area contributed by atoms with Gasteiger partial charge in [-0.1, -0.05) is 20.8 Å². The summed E-state index contributed by atoms with van der Waals surface area (Å²) in [5, 5.41) is 17.5. The highest BCUT2D eigenvalue weighted by atomic mass is 19.4. The van der Waals surface area contributed by atoms with Gasteiger partial charge in [0, 0.05) is 11.5 Å². The summed E-state index contributed by atoms with van der Waals surface area (Å²) < 4.78 is 38.5. The molecule has 8 nitrogen and oxygen atoms in total. The number of carbonyl (C=O) groups is 3. The quantitative estimate of drug-likeness (QED) is 0.492. The maximum absolute atomic E-state index is 12.9. The number of halogens is 3. The SMILES string of the molecule is CC(C)(C)CC(NC(=O)c1ccc(C(F)(F)F)[nH]1)C(=O)NC(C#N)CC1CC2(CC2)NC1=O. The molecule has 1 aliphatic heterocycles. The fraction of sp³-hybridized carbons (Fsp3) is 0.636. The van der Waals surface area contributed by atoms with E-state index in [1.807, 2.05) is 31.8 Å². The molecule has 3 unspecified atom stereocenters. The number of aromatic amines is 1. The second-order valence-electron chi connectivity index (χ2n) is 10.2. The second kappa shape index (κ2) is 8.72. The van der Waals surface area contributed by atoms with Gasteiger partial charge in [0.05, 0.1) is 6.07 Å². The molecule has 1 aromatic rings. The lowest BCUT2D eigenvalue weighted by atomic mass is 9.87. The Morgan fingerprint density at radius 2 is 1.91 bits per heavy atom. The Balaban J connectivity index is 1.66. The molecule has 180 valence electrons. The van der Waals surface area contributed by atoms with E-state index in [-0.39, 0.29) is 35.9 Å². The number of hydrogen-bond acceptors (Lipinski definition) is 4. The Hall–Kier alpha value is -3.03. The van der Waals surface area contributed by atoms with E-state index in [2.05, 4.69) is 16.0 Å². The standard InChI is InChI=1S/C22H28F3N5O3/c1-20(2,3)10-15(29-18(32)14-4-5-16(28-14)22(23,24)25)19(33)27-13(11-26)8-12-9-21(6-7-21)30-17(12)31/h4-5,12-13,15,28H,6-10H2,1-3H3,(H,27,33)(H,29,32)(H,30,31). The van der Waals surface area contributed by atoms with Gasteiger partial charge in [-0.2, -0.15) is 18.4 Å². The van der Waals surface area contributed by atoms with Crippen LogP contribution < -0.4 is 16.0 Å². The summed E-state index contributed by atoms with van der Waals surface area (Å²) in [4.78, 5) is 39.7. The number of rotatable bonds is 7. The maximum Gasteiger partial charge on any atom is 0.431 e. The normalized spacial score (nSPS) is 21.1. The van der Waals surface area contributed by atoms with E-state index in [9.17, 15) is 32.8 Å². The van der Waals surface area contributed by atoms with Crippen molar-refractivity contribution in [1.82, 2.24) is 20.9 Å². The number of hydrogen-bond donors (Lipinski definition) is 4. The maximum atomic E-state index is 12.9. The van der Waals surface area contributed by atoms with E-state index >= 15 is 0 Å². The van der Waals surface area contributed by atoms with Gasteiger partial charge in [-0.15, -0.1) is 0 Å². The molecular formula is C22H28F3N5O3. The highest BCUT2D eigenvalue weighted by molar-refractivity contribution is 5.96. The summed E-state index contributed by atoms with van der Waals surface area (Å²) in [6.07, 6.45) is -1.86. The van der Waals surface area contributed by atoms with Crippen LogP contribution in [0.3, 0.4) is 0 Å². The minimum Gasteiger partial charge on any atom is -0.350 e. The molecule has 3 rings (SSSR count). The summed E-state index contributed by atoms with van der Waals surface area (Å²) >= 11 is 0. The van der Waals surface area contributed by atoms with E-state index in [1.54, 1.807) is 0 Å². The van der Waals surface area contributed by atoms with Crippen LogP contribution in [0.15, 0.2) is 12.1 Å². The van der Waals surface area contributed by atoms with Gasteiger partial charge >= 0.3 is 6.18 Å². The summed E-state index contributed by atoms with van der Waals surface area (Å²) in [7, 11) is 0. The number of carbonyl (C=O) groups excluding carboxylic acids is 3. The number of nitrogens with one attached hydrogen (secondary N) is 4. The molecular weight excluding hydrogens is 439 g/mol. The van der Waals surface area contributed by atoms with E-state index in [1.165, 1.54) is 0 Å². The highest BCUT2D eigenvalue weighted by Gasteiger charge is 2.52. The molecule has 0 radical (unpaired) electrons. The van der Waals surface area contributed by atoms with Crippen molar-refractivity contribution in [3.05, 3.63) is 23.5 Å². The zero-order valence-electron chi connectivity index (χ0n) is 18.7.